The van der Waals surface area contributed by atoms with E-state index in [1.165, 1.54) is 0 Å². The van der Waals surface area contributed by atoms with Gasteiger partial charge in [0.25, 0.3) is 0 Å². The highest BCUT2D eigenvalue weighted by Gasteiger charge is 2.31. The summed E-state index contributed by atoms with van der Waals surface area (Å²) in [6.45, 7) is 1.22. The fourth-order valence-electron chi connectivity index (χ4n) is 2.51. The van der Waals surface area contributed by atoms with Gasteiger partial charge in [0.05, 0.1) is 0 Å². The minimum absolute atomic E-state index is 0.0736. The first-order chi connectivity index (χ1) is 11.1. The molecule has 0 spiro atoms. The maximum Gasteiger partial charge on any atom is 0.318 e. The standard InChI is InChI=1S/C17H16Cl2N2OS/c18-13-6-7-14(15(19)10-13)16-21(8-9-23-16)17(22)20-11-12-4-2-1-3-5-12/h1-7,10,16H,8-9,11H2,(H,20,22)/t16-/m0/s1. The third-order valence-corrected chi connectivity index (χ3v) is 5.47. The van der Waals surface area contributed by atoms with Crippen LogP contribution < -0.4 is 5.32 Å². The lowest BCUT2D eigenvalue weighted by atomic mass is 10.2. The first-order valence-electron chi connectivity index (χ1n) is 7.30. The number of amides is 2. The number of nitrogens with zero attached hydrogens (tertiary/aromatic N) is 1. The molecule has 2 aromatic rings. The number of thioether (sulfide) groups is 1. The quantitative estimate of drug-likeness (QED) is 0.833. The van der Waals surface area contributed by atoms with Gasteiger partial charge >= 0.3 is 6.03 Å². The van der Waals surface area contributed by atoms with E-state index >= 15 is 0 Å². The molecule has 1 saturated heterocycles. The highest BCUT2D eigenvalue weighted by atomic mass is 35.5. The van der Waals surface area contributed by atoms with Crippen molar-refractivity contribution in [2.45, 2.75) is 11.9 Å². The summed E-state index contributed by atoms with van der Waals surface area (Å²) in [5.74, 6) is 0.891. The molecule has 2 aromatic carbocycles. The van der Waals surface area contributed by atoms with Gasteiger partial charge in [0.2, 0.25) is 0 Å². The van der Waals surface area contributed by atoms with Crippen LogP contribution in [0.3, 0.4) is 0 Å². The van der Waals surface area contributed by atoms with Gasteiger partial charge in [0.1, 0.15) is 5.37 Å². The van der Waals surface area contributed by atoms with Crippen LogP contribution >= 0.6 is 35.0 Å². The van der Waals surface area contributed by atoms with Crippen LogP contribution in [0.25, 0.3) is 0 Å². The van der Waals surface area contributed by atoms with E-state index in [9.17, 15) is 4.79 Å². The Kier molecular flexibility index (Phi) is 5.36. The maximum atomic E-state index is 12.5. The van der Waals surface area contributed by atoms with Crippen molar-refractivity contribution in [2.75, 3.05) is 12.3 Å². The van der Waals surface area contributed by atoms with Gasteiger partial charge in [0.15, 0.2) is 0 Å². The first-order valence-corrected chi connectivity index (χ1v) is 9.10. The number of carbonyl (C=O) groups excluding carboxylic acids is 1. The Hall–Kier alpha value is -1.36. The van der Waals surface area contributed by atoms with E-state index in [2.05, 4.69) is 5.32 Å². The van der Waals surface area contributed by atoms with Crippen molar-refractivity contribution in [1.29, 1.82) is 0 Å². The minimum atomic E-state index is -0.0742. The zero-order valence-corrected chi connectivity index (χ0v) is 14.7. The summed E-state index contributed by atoms with van der Waals surface area (Å²) in [6.07, 6.45) is 0. The van der Waals surface area contributed by atoms with E-state index in [0.29, 0.717) is 23.1 Å². The topological polar surface area (TPSA) is 32.3 Å². The molecule has 120 valence electrons. The Labute approximate surface area is 150 Å². The molecular formula is C17H16Cl2N2OS. The molecule has 0 unspecified atom stereocenters. The lowest BCUT2D eigenvalue weighted by molar-refractivity contribution is 0.200. The van der Waals surface area contributed by atoms with Crippen LogP contribution in [0.4, 0.5) is 4.79 Å². The largest absolute Gasteiger partial charge is 0.334 e. The second-order valence-electron chi connectivity index (χ2n) is 5.23. The Morgan fingerprint density at radius 1 is 1.22 bits per heavy atom. The van der Waals surface area contributed by atoms with E-state index in [1.54, 1.807) is 17.8 Å². The Balaban J connectivity index is 1.69. The number of halogens is 2. The fourth-order valence-corrected chi connectivity index (χ4v) is 4.38. The minimum Gasteiger partial charge on any atom is -0.334 e. The summed E-state index contributed by atoms with van der Waals surface area (Å²) in [4.78, 5) is 14.3. The van der Waals surface area contributed by atoms with Crippen molar-refractivity contribution in [1.82, 2.24) is 10.2 Å². The van der Waals surface area contributed by atoms with Gasteiger partial charge in [-0.3, -0.25) is 0 Å². The van der Waals surface area contributed by atoms with E-state index < -0.39 is 0 Å². The fraction of sp³-hybridized carbons (Fsp3) is 0.235. The van der Waals surface area contributed by atoms with Gasteiger partial charge in [-0.25, -0.2) is 4.79 Å². The normalized spacial score (nSPS) is 17.3. The molecule has 6 heteroatoms. The van der Waals surface area contributed by atoms with Gasteiger partial charge < -0.3 is 10.2 Å². The third-order valence-electron chi connectivity index (χ3n) is 3.67. The van der Waals surface area contributed by atoms with Crippen LogP contribution in [0.1, 0.15) is 16.5 Å². The highest BCUT2D eigenvalue weighted by molar-refractivity contribution is 7.99. The van der Waals surface area contributed by atoms with E-state index in [-0.39, 0.29) is 11.4 Å². The molecule has 23 heavy (non-hydrogen) atoms. The summed E-state index contributed by atoms with van der Waals surface area (Å²) in [5.41, 5.74) is 2.00. The molecule has 0 radical (unpaired) electrons. The average molecular weight is 367 g/mol. The first kappa shape index (κ1) is 16.5. The Bertz CT molecular complexity index is 696. The van der Waals surface area contributed by atoms with E-state index in [0.717, 1.165) is 16.9 Å². The molecule has 0 bridgehead atoms. The summed E-state index contributed by atoms with van der Waals surface area (Å²) < 4.78 is 0. The SMILES string of the molecule is O=C(NCc1ccccc1)N1CCS[C@H]1c1ccc(Cl)cc1Cl. The number of nitrogens with one attached hydrogen (secondary N) is 1. The van der Waals surface area contributed by atoms with Crippen molar-refractivity contribution in [3.63, 3.8) is 0 Å². The summed E-state index contributed by atoms with van der Waals surface area (Å²) >= 11 is 14.0. The average Bonchev–Trinajstić information content (AvgIpc) is 3.03. The molecule has 0 saturated carbocycles. The number of rotatable bonds is 3. The van der Waals surface area contributed by atoms with E-state index in [1.807, 2.05) is 47.4 Å². The van der Waals surface area contributed by atoms with Crippen LogP contribution in [0, 0.1) is 0 Å². The number of carbonyl (C=O) groups is 1. The van der Waals surface area contributed by atoms with Gasteiger partial charge in [-0.05, 0) is 17.7 Å². The Morgan fingerprint density at radius 3 is 2.74 bits per heavy atom. The lowest BCUT2D eigenvalue weighted by Gasteiger charge is -2.25. The molecule has 2 amide bonds. The molecule has 0 aliphatic carbocycles. The lowest BCUT2D eigenvalue weighted by Crippen LogP contribution is -2.39. The van der Waals surface area contributed by atoms with E-state index in [4.69, 9.17) is 23.2 Å². The van der Waals surface area contributed by atoms with Crippen molar-refractivity contribution in [3.8, 4) is 0 Å². The molecule has 3 nitrogen and oxygen atoms in total. The smallest absolute Gasteiger partial charge is 0.318 e. The summed E-state index contributed by atoms with van der Waals surface area (Å²) in [5, 5.41) is 4.10. The number of hydrogen-bond acceptors (Lipinski definition) is 2. The van der Waals surface area contributed by atoms with Gasteiger partial charge in [0, 0.05) is 34.5 Å². The zero-order chi connectivity index (χ0) is 16.2. The molecule has 1 heterocycles. The van der Waals surface area contributed by atoms with Crippen LogP contribution in [0.5, 0.6) is 0 Å². The monoisotopic (exact) mass is 366 g/mol. The number of benzene rings is 2. The number of hydrogen-bond donors (Lipinski definition) is 1. The Morgan fingerprint density at radius 2 is 2.00 bits per heavy atom. The van der Waals surface area contributed by atoms with Crippen LogP contribution in [-0.2, 0) is 6.54 Å². The van der Waals surface area contributed by atoms with Gasteiger partial charge in [-0.2, -0.15) is 0 Å². The molecule has 0 aromatic heterocycles. The third kappa shape index (κ3) is 3.94. The summed E-state index contributed by atoms with van der Waals surface area (Å²) in [6, 6.07) is 15.2. The molecule has 1 aliphatic heterocycles. The predicted molar refractivity (Wildman–Crippen MR) is 97.0 cm³/mol. The maximum absolute atomic E-state index is 12.5. The van der Waals surface area contributed by atoms with Gasteiger partial charge in [-0.1, -0.05) is 59.6 Å². The second kappa shape index (κ2) is 7.47. The molecule has 3 rings (SSSR count). The van der Waals surface area contributed by atoms with Crippen LogP contribution in [0.2, 0.25) is 10.0 Å². The summed E-state index contributed by atoms with van der Waals surface area (Å²) in [7, 11) is 0. The predicted octanol–water partition coefficient (Wildman–Crippen LogP) is 4.95. The molecule has 1 N–H and O–H groups in total. The second-order valence-corrected chi connectivity index (χ2v) is 7.26. The molecule has 1 aliphatic rings. The zero-order valence-electron chi connectivity index (χ0n) is 12.3. The molecule has 1 fully saturated rings. The van der Waals surface area contributed by atoms with Crippen molar-refractivity contribution in [3.05, 3.63) is 69.7 Å². The number of urea groups is 1. The van der Waals surface area contributed by atoms with Crippen LogP contribution in [-0.4, -0.2) is 23.2 Å². The van der Waals surface area contributed by atoms with Crippen molar-refractivity contribution in [2.24, 2.45) is 0 Å². The molecular weight excluding hydrogens is 351 g/mol. The molecule has 1 atom stereocenters. The van der Waals surface area contributed by atoms with Crippen molar-refractivity contribution >= 4 is 41.0 Å². The highest BCUT2D eigenvalue weighted by Crippen LogP contribution is 2.41. The van der Waals surface area contributed by atoms with Crippen LogP contribution in [0.15, 0.2) is 48.5 Å². The van der Waals surface area contributed by atoms with Gasteiger partial charge in [-0.15, -0.1) is 11.8 Å². The van der Waals surface area contributed by atoms with Crippen molar-refractivity contribution < 1.29 is 4.79 Å².